The van der Waals surface area contributed by atoms with Crippen LogP contribution in [0.15, 0.2) is 24.3 Å². The van der Waals surface area contributed by atoms with Crippen LogP contribution in [0.5, 0.6) is 0 Å². The van der Waals surface area contributed by atoms with E-state index in [9.17, 15) is 9.59 Å². The number of nitrogens with one attached hydrogen (secondary N) is 1. The smallest absolute Gasteiger partial charge is 0.317 e. The summed E-state index contributed by atoms with van der Waals surface area (Å²) in [5, 5.41) is 2.96. The molecule has 0 saturated heterocycles. The average Bonchev–Trinajstić information content (AvgIpc) is 3.38. The Morgan fingerprint density at radius 1 is 1.22 bits per heavy atom. The molecule has 5 nitrogen and oxygen atoms in total. The summed E-state index contributed by atoms with van der Waals surface area (Å²) < 4.78 is 4.60. The zero-order valence-electron chi connectivity index (χ0n) is 14.0. The Balaban J connectivity index is 1.75. The van der Waals surface area contributed by atoms with Crippen LogP contribution in [0.3, 0.4) is 0 Å². The van der Waals surface area contributed by atoms with Crippen molar-refractivity contribution in [3.05, 3.63) is 35.4 Å². The van der Waals surface area contributed by atoms with E-state index < -0.39 is 0 Å². The molecule has 0 bridgehead atoms. The van der Waals surface area contributed by atoms with Gasteiger partial charge in [0, 0.05) is 25.6 Å². The molecule has 1 aromatic rings. The highest BCUT2D eigenvalue weighted by atomic mass is 16.5. The quantitative estimate of drug-likeness (QED) is 0.592. The summed E-state index contributed by atoms with van der Waals surface area (Å²) >= 11 is 0. The lowest BCUT2D eigenvalue weighted by atomic mass is 10.1. The second-order valence-corrected chi connectivity index (χ2v) is 6.11. The second-order valence-electron chi connectivity index (χ2n) is 6.11. The molecule has 1 fully saturated rings. The number of hydrogen-bond acceptors (Lipinski definition) is 3. The van der Waals surface area contributed by atoms with Crippen LogP contribution in [0.4, 0.5) is 4.79 Å². The zero-order chi connectivity index (χ0) is 16.7. The third-order valence-electron chi connectivity index (χ3n) is 4.03. The first-order valence-electron chi connectivity index (χ1n) is 8.27. The summed E-state index contributed by atoms with van der Waals surface area (Å²) in [4.78, 5) is 25.3. The number of unbranched alkanes of at least 4 members (excludes halogenated alkanes) is 1. The van der Waals surface area contributed by atoms with Crippen LogP contribution >= 0.6 is 0 Å². The maximum Gasteiger partial charge on any atom is 0.317 e. The van der Waals surface area contributed by atoms with Crippen LogP contribution in [-0.4, -0.2) is 36.6 Å². The lowest BCUT2D eigenvalue weighted by Gasteiger charge is -2.23. The molecule has 1 aliphatic carbocycles. The van der Waals surface area contributed by atoms with E-state index >= 15 is 0 Å². The van der Waals surface area contributed by atoms with Gasteiger partial charge in [0.05, 0.1) is 7.11 Å². The third kappa shape index (κ3) is 5.93. The molecule has 1 aliphatic rings. The van der Waals surface area contributed by atoms with Gasteiger partial charge in [-0.05, 0) is 38.2 Å². The predicted octanol–water partition coefficient (Wildman–Crippen LogP) is 3.01. The number of carbonyl (C=O) groups excluding carboxylic acids is 2. The summed E-state index contributed by atoms with van der Waals surface area (Å²) in [5.41, 5.74) is 2.38. The van der Waals surface area contributed by atoms with Crippen molar-refractivity contribution >= 4 is 12.0 Å². The van der Waals surface area contributed by atoms with Crippen molar-refractivity contribution in [1.82, 2.24) is 10.2 Å². The molecule has 23 heavy (non-hydrogen) atoms. The molecule has 0 radical (unpaired) electrons. The molecular formula is C18H26N2O3. The van der Waals surface area contributed by atoms with Crippen molar-refractivity contribution in [2.45, 2.75) is 51.6 Å². The molecule has 0 aromatic heterocycles. The molecular weight excluding hydrogens is 292 g/mol. The highest BCUT2D eigenvalue weighted by Gasteiger charge is 2.32. The number of aryl methyl sites for hydroxylation is 1. The van der Waals surface area contributed by atoms with E-state index in [0.717, 1.165) is 31.2 Å². The SMILES string of the molecule is COC(=O)CCCCNC(=O)N(Cc1ccc(C)cc1)C1CC1. The lowest BCUT2D eigenvalue weighted by molar-refractivity contribution is -0.140. The number of amides is 2. The highest BCUT2D eigenvalue weighted by molar-refractivity contribution is 5.75. The number of nitrogens with zero attached hydrogens (tertiary/aromatic N) is 1. The number of urea groups is 1. The van der Waals surface area contributed by atoms with E-state index in [-0.39, 0.29) is 12.0 Å². The van der Waals surface area contributed by atoms with E-state index in [1.54, 1.807) is 0 Å². The molecule has 1 aromatic carbocycles. The van der Waals surface area contributed by atoms with Crippen molar-refractivity contribution in [1.29, 1.82) is 0 Å². The molecule has 5 heteroatoms. The van der Waals surface area contributed by atoms with E-state index in [2.05, 4.69) is 41.2 Å². The number of benzene rings is 1. The number of ether oxygens (including phenoxy) is 1. The maximum absolute atomic E-state index is 12.4. The van der Waals surface area contributed by atoms with Crippen molar-refractivity contribution < 1.29 is 14.3 Å². The van der Waals surface area contributed by atoms with Crippen molar-refractivity contribution in [2.75, 3.05) is 13.7 Å². The molecule has 126 valence electrons. The Morgan fingerprint density at radius 3 is 2.52 bits per heavy atom. The van der Waals surface area contributed by atoms with E-state index in [1.807, 2.05) is 4.90 Å². The number of carbonyl (C=O) groups is 2. The van der Waals surface area contributed by atoms with Gasteiger partial charge in [0.1, 0.15) is 0 Å². The topological polar surface area (TPSA) is 58.6 Å². The molecule has 0 spiro atoms. The Morgan fingerprint density at radius 2 is 1.91 bits per heavy atom. The maximum atomic E-state index is 12.4. The normalized spacial score (nSPS) is 13.5. The van der Waals surface area contributed by atoms with Gasteiger partial charge in [-0.3, -0.25) is 4.79 Å². The number of esters is 1. The van der Waals surface area contributed by atoms with Gasteiger partial charge in [0.25, 0.3) is 0 Å². The van der Waals surface area contributed by atoms with Gasteiger partial charge in [-0.15, -0.1) is 0 Å². The molecule has 0 atom stereocenters. The van der Waals surface area contributed by atoms with Gasteiger partial charge >= 0.3 is 12.0 Å². The first-order chi connectivity index (χ1) is 11.1. The standard InChI is InChI=1S/C18H26N2O3/c1-14-6-8-15(9-7-14)13-20(16-10-11-16)18(22)19-12-4-3-5-17(21)23-2/h6-9,16H,3-5,10-13H2,1-2H3,(H,19,22). The van der Waals surface area contributed by atoms with Gasteiger partial charge in [0.15, 0.2) is 0 Å². The van der Waals surface area contributed by atoms with Crippen LogP contribution in [0.1, 0.15) is 43.2 Å². The lowest BCUT2D eigenvalue weighted by Crippen LogP contribution is -2.41. The molecule has 1 saturated carbocycles. The van der Waals surface area contributed by atoms with Gasteiger partial charge in [0.2, 0.25) is 0 Å². The van der Waals surface area contributed by atoms with E-state index in [4.69, 9.17) is 0 Å². The fraction of sp³-hybridized carbons (Fsp3) is 0.556. The van der Waals surface area contributed by atoms with E-state index in [0.29, 0.717) is 25.6 Å². The second kappa shape index (κ2) is 8.56. The number of methoxy groups -OCH3 is 1. The van der Waals surface area contributed by atoms with Crippen LogP contribution in [0, 0.1) is 6.92 Å². The fourth-order valence-corrected chi connectivity index (χ4v) is 2.44. The molecule has 2 amide bonds. The Kier molecular flexibility index (Phi) is 6.44. The summed E-state index contributed by atoms with van der Waals surface area (Å²) in [7, 11) is 1.39. The van der Waals surface area contributed by atoms with Crippen molar-refractivity contribution in [3.63, 3.8) is 0 Å². The molecule has 0 unspecified atom stereocenters. The van der Waals surface area contributed by atoms with Crippen LogP contribution in [0.2, 0.25) is 0 Å². The van der Waals surface area contributed by atoms with Gasteiger partial charge < -0.3 is 15.0 Å². The monoisotopic (exact) mass is 318 g/mol. The highest BCUT2D eigenvalue weighted by Crippen LogP contribution is 2.28. The largest absolute Gasteiger partial charge is 0.469 e. The zero-order valence-corrected chi connectivity index (χ0v) is 14.0. The number of rotatable bonds is 8. The van der Waals surface area contributed by atoms with Crippen molar-refractivity contribution in [3.8, 4) is 0 Å². The van der Waals surface area contributed by atoms with Crippen LogP contribution in [-0.2, 0) is 16.1 Å². The molecule has 0 aliphatic heterocycles. The van der Waals surface area contributed by atoms with Gasteiger partial charge in [-0.25, -0.2) is 4.79 Å². The minimum Gasteiger partial charge on any atom is -0.469 e. The minimum atomic E-state index is -0.199. The third-order valence-corrected chi connectivity index (χ3v) is 4.03. The van der Waals surface area contributed by atoms with Crippen LogP contribution < -0.4 is 5.32 Å². The first-order valence-corrected chi connectivity index (χ1v) is 8.27. The van der Waals surface area contributed by atoms with Crippen LogP contribution in [0.25, 0.3) is 0 Å². The average molecular weight is 318 g/mol. The summed E-state index contributed by atoms with van der Waals surface area (Å²) in [5.74, 6) is -0.199. The molecule has 2 rings (SSSR count). The Bertz CT molecular complexity index is 524. The van der Waals surface area contributed by atoms with E-state index in [1.165, 1.54) is 12.7 Å². The van der Waals surface area contributed by atoms with Crippen molar-refractivity contribution in [2.24, 2.45) is 0 Å². The molecule has 1 N–H and O–H groups in total. The Labute approximate surface area is 138 Å². The minimum absolute atomic E-state index is 0.00820. The number of hydrogen-bond donors (Lipinski definition) is 1. The Hall–Kier alpha value is -2.04. The summed E-state index contributed by atoms with van der Waals surface area (Å²) in [6.07, 6.45) is 4.09. The summed E-state index contributed by atoms with van der Waals surface area (Å²) in [6.45, 7) is 3.30. The predicted molar refractivity (Wildman–Crippen MR) is 89.0 cm³/mol. The van der Waals surface area contributed by atoms with Gasteiger partial charge in [-0.2, -0.15) is 0 Å². The summed E-state index contributed by atoms with van der Waals surface area (Å²) in [6, 6.07) is 8.66. The first kappa shape index (κ1) is 17.3. The molecule has 0 heterocycles. The van der Waals surface area contributed by atoms with Gasteiger partial charge in [-0.1, -0.05) is 29.8 Å². The fourth-order valence-electron chi connectivity index (χ4n) is 2.44.